The predicted octanol–water partition coefficient (Wildman–Crippen LogP) is 1.99. The molecule has 0 spiro atoms. The van der Waals surface area contributed by atoms with Crippen molar-refractivity contribution in [1.29, 1.82) is 0 Å². The van der Waals surface area contributed by atoms with Gasteiger partial charge in [0.05, 0.1) is 0 Å². The first-order valence-corrected chi connectivity index (χ1v) is 5.91. The van der Waals surface area contributed by atoms with Crippen LogP contribution >= 0.6 is 0 Å². The largest absolute Gasteiger partial charge is 0.550 e. The Bertz CT molecular complexity index is 431. The summed E-state index contributed by atoms with van der Waals surface area (Å²) in [4.78, 5) is 10.1. The Morgan fingerprint density at radius 2 is 1.83 bits per heavy atom. The standard InChI is InChI=1S/C16H18O2/c1-2-3-4-5-6-7-8-9-10-11-12-13-14-15-16(17)18/h2-3,8-11H,12-15H2,1H3,(H,17,18)/p-1/b3-2+,9-8+,11-10+. The van der Waals surface area contributed by atoms with Gasteiger partial charge in [-0.05, 0) is 56.6 Å². The Kier molecular flexibility index (Phi) is 11.3. The van der Waals surface area contributed by atoms with E-state index in [2.05, 4.69) is 23.7 Å². The lowest BCUT2D eigenvalue weighted by Crippen LogP contribution is -2.21. The zero-order chi connectivity index (χ0) is 13.5. The fraction of sp³-hybridized carbons (Fsp3) is 0.312. The Balaban J connectivity index is 3.64. The van der Waals surface area contributed by atoms with E-state index >= 15 is 0 Å². The molecule has 0 aromatic rings. The average molecular weight is 241 g/mol. The first kappa shape index (κ1) is 15.8. The average Bonchev–Trinajstić information content (AvgIpc) is 2.34. The van der Waals surface area contributed by atoms with Crippen molar-refractivity contribution < 1.29 is 9.90 Å². The van der Waals surface area contributed by atoms with Crippen molar-refractivity contribution in [2.24, 2.45) is 0 Å². The number of aliphatic carboxylic acids is 1. The molecule has 0 unspecified atom stereocenters. The molecule has 0 amide bonds. The summed E-state index contributed by atoms with van der Waals surface area (Å²) < 4.78 is 0. The molecule has 0 fully saturated rings. The summed E-state index contributed by atoms with van der Waals surface area (Å²) in [5, 5.41) is 10.1. The Morgan fingerprint density at radius 1 is 1.11 bits per heavy atom. The highest BCUT2D eigenvalue weighted by Crippen LogP contribution is 1.99. The summed E-state index contributed by atoms with van der Waals surface area (Å²) in [7, 11) is 0. The normalized spacial score (nSPS) is 10.3. The molecular weight excluding hydrogens is 224 g/mol. The predicted molar refractivity (Wildman–Crippen MR) is 72.1 cm³/mol. The van der Waals surface area contributed by atoms with Gasteiger partial charge in [-0.3, -0.25) is 0 Å². The molecule has 0 rings (SSSR count). The summed E-state index contributed by atoms with van der Waals surface area (Å²) in [6.45, 7) is 1.90. The third kappa shape index (κ3) is 13.8. The quantitative estimate of drug-likeness (QED) is 0.405. The molecule has 0 aliphatic heterocycles. The maximum atomic E-state index is 10.1. The van der Waals surface area contributed by atoms with Crippen LogP contribution in [0.2, 0.25) is 0 Å². The molecule has 0 aromatic heterocycles. The van der Waals surface area contributed by atoms with E-state index in [1.807, 2.05) is 31.2 Å². The molecule has 0 heterocycles. The van der Waals surface area contributed by atoms with Gasteiger partial charge in [-0.15, -0.1) is 0 Å². The minimum Gasteiger partial charge on any atom is -0.550 e. The van der Waals surface area contributed by atoms with Crippen molar-refractivity contribution in [2.45, 2.75) is 32.6 Å². The van der Waals surface area contributed by atoms with Gasteiger partial charge < -0.3 is 9.90 Å². The molecule has 0 saturated heterocycles. The lowest BCUT2D eigenvalue weighted by molar-refractivity contribution is -0.305. The summed E-state index contributed by atoms with van der Waals surface area (Å²) in [5.41, 5.74) is 0. The molecule has 0 atom stereocenters. The van der Waals surface area contributed by atoms with Crippen LogP contribution < -0.4 is 5.11 Å². The number of rotatable bonds is 6. The number of hydrogen-bond donors (Lipinski definition) is 0. The maximum absolute atomic E-state index is 10.1. The molecule has 0 aromatic carbocycles. The summed E-state index contributed by atoms with van der Waals surface area (Å²) in [5.74, 6) is 9.94. The number of carboxylic acid groups (broad SMARTS) is 1. The van der Waals surface area contributed by atoms with E-state index in [0.29, 0.717) is 6.42 Å². The number of carbonyl (C=O) groups is 1. The second kappa shape index (κ2) is 12.9. The van der Waals surface area contributed by atoms with E-state index < -0.39 is 5.97 Å². The number of carboxylic acids is 1. The molecule has 0 N–H and O–H groups in total. The first-order chi connectivity index (χ1) is 8.77. The van der Waals surface area contributed by atoms with Crippen LogP contribution in [0.4, 0.5) is 0 Å². The second-order valence-electron chi connectivity index (χ2n) is 3.44. The van der Waals surface area contributed by atoms with Crippen molar-refractivity contribution >= 4 is 5.97 Å². The van der Waals surface area contributed by atoms with Gasteiger partial charge in [0.2, 0.25) is 0 Å². The van der Waals surface area contributed by atoms with Gasteiger partial charge >= 0.3 is 0 Å². The number of carbonyl (C=O) groups excluding carboxylic acids is 1. The molecule has 0 saturated carbocycles. The van der Waals surface area contributed by atoms with Crippen molar-refractivity contribution in [2.75, 3.05) is 0 Å². The van der Waals surface area contributed by atoms with Gasteiger partial charge in [-0.25, -0.2) is 0 Å². The molecule has 94 valence electrons. The molecular formula is C16H17O2-. The summed E-state index contributed by atoms with van der Waals surface area (Å²) in [6, 6.07) is 0. The van der Waals surface area contributed by atoms with Crippen LogP contribution in [-0.4, -0.2) is 5.97 Å². The summed E-state index contributed by atoms with van der Waals surface area (Å²) >= 11 is 0. The summed E-state index contributed by atoms with van der Waals surface area (Å²) in [6.07, 6.45) is 13.6. The first-order valence-electron chi connectivity index (χ1n) is 5.91. The second-order valence-corrected chi connectivity index (χ2v) is 3.44. The smallest absolute Gasteiger partial charge is 0.0414 e. The minimum absolute atomic E-state index is 0.139. The van der Waals surface area contributed by atoms with Gasteiger partial charge in [0, 0.05) is 5.97 Å². The Labute approximate surface area is 109 Å². The highest BCUT2D eigenvalue weighted by molar-refractivity contribution is 5.64. The van der Waals surface area contributed by atoms with Crippen LogP contribution in [0, 0.1) is 23.7 Å². The van der Waals surface area contributed by atoms with E-state index in [0.717, 1.165) is 12.8 Å². The van der Waals surface area contributed by atoms with Gasteiger partial charge in [-0.1, -0.05) is 36.1 Å². The molecule has 0 aliphatic carbocycles. The number of unbranched alkanes of at least 4 members (excludes halogenated alkanes) is 2. The molecule has 0 radical (unpaired) electrons. The van der Waals surface area contributed by atoms with Gasteiger partial charge in [0.1, 0.15) is 0 Å². The topological polar surface area (TPSA) is 40.1 Å². The molecule has 2 nitrogen and oxygen atoms in total. The zero-order valence-corrected chi connectivity index (χ0v) is 10.6. The van der Waals surface area contributed by atoms with Gasteiger partial charge in [0.15, 0.2) is 0 Å². The molecule has 2 heteroatoms. The van der Waals surface area contributed by atoms with E-state index in [-0.39, 0.29) is 6.42 Å². The zero-order valence-electron chi connectivity index (χ0n) is 10.6. The molecule has 0 bridgehead atoms. The van der Waals surface area contributed by atoms with Crippen LogP contribution in [0.5, 0.6) is 0 Å². The van der Waals surface area contributed by atoms with E-state index in [4.69, 9.17) is 0 Å². The van der Waals surface area contributed by atoms with Crippen molar-refractivity contribution in [1.82, 2.24) is 0 Å². The van der Waals surface area contributed by atoms with E-state index in [9.17, 15) is 9.90 Å². The van der Waals surface area contributed by atoms with Crippen LogP contribution in [0.3, 0.4) is 0 Å². The van der Waals surface area contributed by atoms with Crippen LogP contribution in [0.1, 0.15) is 32.6 Å². The number of allylic oxidation sites excluding steroid dienone is 6. The fourth-order valence-electron chi connectivity index (χ4n) is 1.05. The molecule has 0 aliphatic rings. The fourth-order valence-corrected chi connectivity index (χ4v) is 1.05. The van der Waals surface area contributed by atoms with E-state index in [1.54, 1.807) is 12.2 Å². The lowest BCUT2D eigenvalue weighted by atomic mass is 10.2. The van der Waals surface area contributed by atoms with Crippen molar-refractivity contribution in [3.63, 3.8) is 0 Å². The van der Waals surface area contributed by atoms with Crippen molar-refractivity contribution in [3.05, 3.63) is 36.5 Å². The van der Waals surface area contributed by atoms with Gasteiger partial charge in [-0.2, -0.15) is 0 Å². The minimum atomic E-state index is -0.979. The lowest BCUT2D eigenvalue weighted by Gasteiger charge is -1.98. The molecule has 18 heavy (non-hydrogen) atoms. The van der Waals surface area contributed by atoms with Crippen LogP contribution in [0.25, 0.3) is 0 Å². The maximum Gasteiger partial charge on any atom is 0.0414 e. The highest BCUT2D eigenvalue weighted by atomic mass is 16.4. The third-order valence-electron chi connectivity index (χ3n) is 1.89. The SMILES string of the molecule is C/C=C/C#CC#C/C=C/C=C/CCCCC(=O)[O-]. The van der Waals surface area contributed by atoms with Gasteiger partial charge in [0.25, 0.3) is 0 Å². The Hall–Kier alpha value is -2.19. The third-order valence-corrected chi connectivity index (χ3v) is 1.89. The monoisotopic (exact) mass is 241 g/mol. The van der Waals surface area contributed by atoms with Crippen molar-refractivity contribution in [3.8, 4) is 23.7 Å². The van der Waals surface area contributed by atoms with Crippen LogP contribution in [0.15, 0.2) is 36.5 Å². The van der Waals surface area contributed by atoms with Crippen LogP contribution in [-0.2, 0) is 4.79 Å². The highest BCUT2D eigenvalue weighted by Gasteiger charge is 1.86. The Morgan fingerprint density at radius 3 is 2.50 bits per heavy atom. The van der Waals surface area contributed by atoms with E-state index in [1.165, 1.54) is 0 Å². The number of hydrogen-bond acceptors (Lipinski definition) is 2.